The molecule has 1 aliphatic rings. The van der Waals surface area contributed by atoms with E-state index >= 15 is 0 Å². The van der Waals surface area contributed by atoms with Crippen LogP contribution in [0.3, 0.4) is 0 Å². The molecule has 3 aromatic rings. The van der Waals surface area contributed by atoms with Gasteiger partial charge in [-0.1, -0.05) is 0 Å². The molecule has 31 heavy (non-hydrogen) atoms. The number of rotatable bonds is 7. The number of carbonyl (C=O) groups is 1. The molecule has 1 aliphatic heterocycles. The average molecular weight is 423 g/mol. The van der Waals surface area contributed by atoms with Crippen molar-refractivity contribution < 1.29 is 28.2 Å². The van der Waals surface area contributed by atoms with E-state index in [-0.39, 0.29) is 18.6 Å². The molecule has 0 N–H and O–H groups in total. The zero-order chi connectivity index (χ0) is 21.8. The smallest absolute Gasteiger partial charge is 0.290 e. The molecule has 0 fully saturated rings. The fourth-order valence-electron chi connectivity index (χ4n) is 3.84. The number of furan rings is 1. The predicted octanol–water partition coefficient (Wildman–Crippen LogP) is 4.12. The maximum absolute atomic E-state index is 13.2. The summed E-state index contributed by atoms with van der Waals surface area (Å²) in [6, 6.07) is 14.3. The summed E-state index contributed by atoms with van der Waals surface area (Å²) < 4.78 is 27.6. The normalized spacial score (nSPS) is 15.2. The molecule has 0 spiro atoms. The van der Waals surface area contributed by atoms with E-state index in [2.05, 4.69) is 0 Å². The molecule has 0 unspecified atom stereocenters. The molecular weight excluding hydrogens is 398 g/mol. The van der Waals surface area contributed by atoms with Crippen LogP contribution in [-0.4, -0.2) is 45.3 Å². The number of fused-ring (bicyclic) bond motifs is 1. The first-order valence-corrected chi connectivity index (χ1v) is 10.0. The Morgan fingerprint density at radius 3 is 2.35 bits per heavy atom. The minimum Gasteiger partial charge on any atom is -0.497 e. The summed E-state index contributed by atoms with van der Waals surface area (Å²) in [5.74, 6) is 2.86. The molecule has 0 radical (unpaired) electrons. The Balaban J connectivity index is 1.67. The molecule has 0 aliphatic carbocycles. The molecule has 2 aromatic carbocycles. The SMILES string of the molecule is COc1ccc(OC[C@H]2c3cc(OC)c(OC)cc3CCN2C(=O)c2ccco2)cc1. The molecule has 4 rings (SSSR count). The number of hydrogen-bond acceptors (Lipinski definition) is 6. The van der Waals surface area contributed by atoms with Crippen molar-refractivity contribution in [1.82, 2.24) is 4.90 Å². The van der Waals surface area contributed by atoms with E-state index in [4.69, 9.17) is 23.4 Å². The average Bonchev–Trinajstić information content (AvgIpc) is 3.36. The summed E-state index contributed by atoms with van der Waals surface area (Å²) in [5, 5.41) is 0. The van der Waals surface area contributed by atoms with Crippen molar-refractivity contribution in [1.29, 1.82) is 0 Å². The van der Waals surface area contributed by atoms with Gasteiger partial charge in [-0.3, -0.25) is 4.79 Å². The Bertz CT molecular complexity index is 1030. The highest BCUT2D eigenvalue weighted by atomic mass is 16.5. The van der Waals surface area contributed by atoms with Gasteiger partial charge in [0, 0.05) is 6.54 Å². The van der Waals surface area contributed by atoms with Crippen molar-refractivity contribution in [3.63, 3.8) is 0 Å². The van der Waals surface area contributed by atoms with Crippen LogP contribution in [0.4, 0.5) is 0 Å². The van der Waals surface area contributed by atoms with Crippen LogP contribution in [0, 0.1) is 0 Å². The first-order valence-electron chi connectivity index (χ1n) is 10.0. The van der Waals surface area contributed by atoms with Crippen molar-refractivity contribution in [2.24, 2.45) is 0 Å². The third-order valence-corrected chi connectivity index (χ3v) is 5.46. The van der Waals surface area contributed by atoms with Gasteiger partial charge >= 0.3 is 0 Å². The van der Waals surface area contributed by atoms with Crippen LogP contribution in [0.25, 0.3) is 0 Å². The molecule has 0 bridgehead atoms. The van der Waals surface area contributed by atoms with E-state index < -0.39 is 0 Å². The van der Waals surface area contributed by atoms with Gasteiger partial charge < -0.3 is 28.3 Å². The van der Waals surface area contributed by atoms with Crippen LogP contribution in [0.2, 0.25) is 0 Å². The minimum atomic E-state index is -0.316. The summed E-state index contributed by atoms with van der Waals surface area (Å²) >= 11 is 0. The van der Waals surface area contributed by atoms with Crippen molar-refractivity contribution in [2.75, 3.05) is 34.5 Å². The topological polar surface area (TPSA) is 70.4 Å². The Morgan fingerprint density at radius 2 is 1.71 bits per heavy atom. The number of carbonyl (C=O) groups excluding carboxylic acids is 1. The van der Waals surface area contributed by atoms with Gasteiger partial charge in [0.05, 0.1) is 33.6 Å². The lowest BCUT2D eigenvalue weighted by Gasteiger charge is -2.37. The number of ether oxygens (including phenoxy) is 4. The zero-order valence-corrected chi connectivity index (χ0v) is 17.8. The number of benzene rings is 2. The van der Waals surface area contributed by atoms with Gasteiger partial charge in [0.15, 0.2) is 17.3 Å². The van der Waals surface area contributed by atoms with Gasteiger partial charge in [-0.25, -0.2) is 0 Å². The van der Waals surface area contributed by atoms with Crippen molar-refractivity contribution in [3.8, 4) is 23.0 Å². The summed E-state index contributed by atoms with van der Waals surface area (Å²) in [4.78, 5) is 14.9. The van der Waals surface area contributed by atoms with E-state index in [1.54, 1.807) is 38.4 Å². The first-order chi connectivity index (χ1) is 15.1. The standard InChI is InChI=1S/C24H25NO6/c1-27-17-6-8-18(9-7-17)31-15-20-19-14-23(29-3)22(28-2)13-16(19)10-11-25(20)24(26)21-5-4-12-30-21/h4-9,12-14,20H,10-11,15H2,1-3H3/t20-/m0/s1. The Kier molecular flexibility index (Phi) is 6.02. The maximum Gasteiger partial charge on any atom is 0.290 e. The zero-order valence-electron chi connectivity index (χ0n) is 17.8. The summed E-state index contributed by atoms with van der Waals surface area (Å²) in [6.45, 7) is 0.819. The summed E-state index contributed by atoms with van der Waals surface area (Å²) in [6.07, 6.45) is 2.20. The molecule has 1 amide bonds. The Hall–Kier alpha value is -3.61. The van der Waals surface area contributed by atoms with E-state index in [1.165, 1.54) is 6.26 Å². The molecule has 1 atom stereocenters. The van der Waals surface area contributed by atoms with Crippen molar-refractivity contribution >= 4 is 5.91 Å². The highest BCUT2D eigenvalue weighted by Crippen LogP contribution is 2.39. The number of methoxy groups -OCH3 is 3. The van der Waals surface area contributed by atoms with Gasteiger partial charge in [0.2, 0.25) is 0 Å². The Morgan fingerprint density at radius 1 is 1.00 bits per heavy atom. The number of amides is 1. The third-order valence-electron chi connectivity index (χ3n) is 5.46. The van der Waals surface area contributed by atoms with Crippen LogP contribution >= 0.6 is 0 Å². The van der Waals surface area contributed by atoms with Crippen LogP contribution in [0.5, 0.6) is 23.0 Å². The monoisotopic (exact) mass is 423 g/mol. The lowest BCUT2D eigenvalue weighted by molar-refractivity contribution is 0.0557. The highest BCUT2D eigenvalue weighted by molar-refractivity contribution is 5.92. The van der Waals surface area contributed by atoms with Gasteiger partial charge in [-0.2, -0.15) is 0 Å². The lowest BCUT2D eigenvalue weighted by Crippen LogP contribution is -2.42. The highest BCUT2D eigenvalue weighted by Gasteiger charge is 2.34. The molecule has 1 aromatic heterocycles. The molecule has 0 saturated heterocycles. The second kappa shape index (κ2) is 9.04. The van der Waals surface area contributed by atoms with Gasteiger partial charge in [0.1, 0.15) is 18.1 Å². The van der Waals surface area contributed by atoms with Crippen LogP contribution < -0.4 is 18.9 Å². The minimum absolute atomic E-state index is 0.172. The van der Waals surface area contributed by atoms with Gasteiger partial charge in [-0.15, -0.1) is 0 Å². The number of nitrogens with zero attached hydrogens (tertiary/aromatic N) is 1. The van der Waals surface area contributed by atoms with E-state index in [9.17, 15) is 4.79 Å². The maximum atomic E-state index is 13.2. The second-order valence-electron chi connectivity index (χ2n) is 7.13. The first kappa shape index (κ1) is 20.7. The molecule has 0 saturated carbocycles. The van der Waals surface area contributed by atoms with Crippen LogP contribution in [0.15, 0.2) is 59.2 Å². The third kappa shape index (κ3) is 4.17. The lowest BCUT2D eigenvalue weighted by atomic mass is 9.92. The molecular formula is C24H25NO6. The van der Waals surface area contributed by atoms with Gasteiger partial charge in [0.25, 0.3) is 5.91 Å². The fourth-order valence-corrected chi connectivity index (χ4v) is 3.84. The molecule has 7 heteroatoms. The summed E-state index contributed by atoms with van der Waals surface area (Å²) in [7, 11) is 4.83. The summed E-state index contributed by atoms with van der Waals surface area (Å²) in [5.41, 5.74) is 2.07. The molecule has 2 heterocycles. The molecule has 7 nitrogen and oxygen atoms in total. The Labute approximate surface area is 181 Å². The van der Waals surface area contributed by atoms with Crippen molar-refractivity contribution in [2.45, 2.75) is 12.5 Å². The largest absolute Gasteiger partial charge is 0.497 e. The number of hydrogen-bond donors (Lipinski definition) is 0. The fraction of sp³-hybridized carbons (Fsp3) is 0.292. The quantitative estimate of drug-likeness (QED) is 0.569. The predicted molar refractivity (Wildman–Crippen MR) is 114 cm³/mol. The van der Waals surface area contributed by atoms with Crippen molar-refractivity contribution in [3.05, 3.63) is 71.7 Å². The molecule has 162 valence electrons. The van der Waals surface area contributed by atoms with Crippen LogP contribution in [-0.2, 0) is 6.42 Å². The van der Waals surface area contributed by atoms with Crippen LogP contribution in [0.1, 0.15) is 27.7 Å². The van der Waals surface area contributed by atoms with E-state index in [0.29, 0.717) is 36.0 Å². The second-order valence-corrected chi connectivity index (χ2v) is 7.13. The van der Waals surface area contributed by atoms with Gasteiger partial charge in [-0.05, 0) is 66.1 Å². The van der Waals surface area contributed by atoms with E-state index in [0.717, 1.165) is 16.9 Å². The van der Waals surface area contributed by atoms with E-state index in [1.807, 2.05) is 36.4 Å².